The molecule has 0 radical (unpaired) electrons. The van der Waals surface area contributed by atoms with E-state index in [9.17, 15) is 22.0 Å². The number of rotatable bonds is 4. The van der Waals surface area contributed by atoms with Crippen LogP contribution in [0.5, 0.6) is 0 Å². The van der Waals surface area contributed by atoms with E-state index in [0.29, 0.717) is 11.1 Å². The first-order valence-electron chi connectivity index (χ1n) is 5.82. The molecular weight excluding hydrogens is 299 g/mol. The van der Waals surface area contributed by atoms with Crippen molar-refractivity contribution in [2.75, 3.05) is 0 Å². The van der Waals surface area contributed by atoms with E-state index in [-0.39, 0.29) is 13.0 Å². The van der Waals surface area contributed by atoms with Crippen LogP contribution in [0, 0.1) is 0 Å². The standard InChI is InChI=1S/C11H11F5O.C2H4O2/c12-10(13,11(14,15)16)6-5-8-1-3-9(7-17)4-2-8;1-2(3)4/h1-4,17H,5-7H2;1H3,(H,3,4). The van der Waals surface area contributed by atoms with Crippen molar-refractivity contribution >= 4 is 5.97 Å². The number of alkyl halides is 5. The van der Waals surface area contributed by atoms with Gasteiger partial charge in [0.05, 0.1) is 6.61 Å². The maximum Gasteiger partial charge on any atom is 0.453 e. The first kappa shape index (κ1) is 19.3. The van der Waals surface area contributed by atoms with E-state index in [1.54, 1.807) is 0 Å². The summed E-state index contributed by atoms with van der Waals surface area (Å²) in [6.07, 6.45) is -7.13. The Kier molecular flexibility index (Phi) is 7.28. The number of hydrogen-bond donors (Lipinski definition) is 2. The highest BCUT2D eigenvalue weighted by Crippen LogP contribution is 2.38. The highest BCUT2D eigenvalue weighted by atomic mass is 19.4. The summed E-state index contributed by atoms with van der Waals surface area (Å²) in [6.45, 7) is 0.888. The van der Waals surface area contributed by atoms with Crippen molar-refractivity contribution in [2.45, 2.75) is 38.5 Å². The number of hydrogen-bond acceptors (Lipinski definition) is 2. The molecule has 1 rings (SSSR count). The molecule has 0 unspecified atom stereocenters. The van der Waals surface area contributed by atoms with Gasteiger partial charge in [0.1, 0.15) is 0 Å². The van der Waals surface area contributed by atoms with Gasteiger partial charge in [-0.1, -0.05) is 24.3 Å². The molecular formula is C13H15F5O3. The van der Waals surface area contributed by atoms with Gasteiger partial charge in [0.15, 0.2) is 0 Å². The van der Waals surface area contributed by atoms with Gasteiger partial charge in [0.2, 0.25) is 0 Å². The van der Waals surface area contributed by atoms with Gasteiger partial charge in [-0.05, 0) is 17.5 Å². The Hall–Kier alpha value is -1.70. The molecule has 0 heterocycles. The van der Waals surface area contributed by atoms with Crippen LogP contribution in [-0.2, 0) is 17.8 Å². The number of carboxylic acid groups (broad SMARTS) is 1. The number of aliphatic hydroxyl groups excluding tert-OH is 1. The lowest BCUT2D eigenvalue weighted by Gasteiger charge is -2.19. The molecule has 0 bridgehead atoms. The quantitative estimate of drug-likeness (QED) is 0.838. The zero-order valence-electron chi connectivity index (χ0n) is 11.1. The maximum absolute atomic E-state index is 12.6. The molecule has 8 heteroatoms. The van der Waals surface area contributed by atoms with Crippen LogP contribution in [0.4, 0.5) is 22.0 Å². The van der Waals surface area contributed by atoms with Crippen LogP contribution in [0.15, 0.2) is 24.3 Å². The fraction of sp³-hybridized carbons (Fsp3) is 0.462. The number of benzene rings is 1. The lowest BCUT2D eigenvalue weighted by Crippen LogP contribution is -2.36. The molecule has 21 heavy (non-hydrogen) atoms. The molecule has 0 aliphatic carbocycles. The van der Waals surface area contributed by atoms with Gasteiger partial charge >= 0.3 is 12.1 Å². The van der Waals surface area contributed by atoms with Crippen molar-refractivity contribution in [3.05, 3.63) is 35.4 Å². The molecule has 3 nitrogen and oxygen atoms in total. The summed E-state index contributed by atoms with van der Waals surface area (Å²) < 4.78 is 60.8. The van der Waals surface area contributed by atoms with E-state index in [1.807, 2.05) is 0 Å². The lowest BCUT2D eigenvalue weighted by molar-refractivity contribution is -0.284. The van der Waals surface area contributed by atoms with Crippen LogP contribution < -0.4 is 0 Å². The van der Waals surface area contributed by atoms with Crippen molar-refractivity contribution in [1.82, 2.24) is 0 Å². The maximum atomic E-state index is 12.6. The normalized spacial score (nSPS) is 11.6. The van der Waals surface area contributed by atoms with Crippen LogP contribution in [0.25, 0.3) is 0 Å². The minimum atomic E-state index is -5.50. The molecule has 0 aromatic heterocycles. The zero-order valence-corrected chi connectivity index (χ0v) is 11.1. The van der Waals surface area contributed by atoms with Crippen molar-refractivity contribution in [2.24, 2.45) is 0 Å². The number of aliphatic carboxylic acids is 1. The minimum Gasteiger partial charge on any atom is -0.481 e. The third-order valence-electron chi connectivity index (χ3n) is 2.35. The first-order chi connectivity index (χ1) is 9.49. The van der Waals surface area contributed by atoms with Gasteiger partial charge in [-0.3, -0.25) is 4.79 Å². The smallest absolute Gasteiger partial charge is 0.453 e. The first-order valence-corrected chi connectivity index (χ1v) is 5.82. The molecule has 1 aromatic carbocycles. The van der Waals surface area contributed by atoms with Crippen LogP contribution in [-0.4, -0.2) is 28.3 Å². The second kappa shape index (κ2) is 7.92. The molecule has 1 aromatic rings. The van der Waals surface area contributed by atoms with Gasteiger partial charge < -0.3 is 10.2 Å². The summed E-state index contributed by atoms with van der Waals surface area (Å²) in [7, 11) is 0. The predicted molar refractivity (Wildman–Crippen MR) is 65.0 cm³/mol. The largest absolute Gasteiger partial charge is 0.481 e. The Bertz CT molecular complexity index is 436. The second-order valence-electron chi connectivity index (χ2n) is 4.20. The molecule has 0 spiro atoms. The van der Waals surface area contributed by atoms with Gasteiger partial charge in [-0.2, -0.15) is 22.0 Å². The van der Waals surface area contributed by atoms with Crippen molar-refractivity contribution in [3.63, 3.8) is 0 Å². The lowest BCUT2D eigenvalue weighted by atomic mass is 10.0. The molecule has 0 aliphatic rings. The molecule has 0 aliphatic heterocycles. The summed E-state index contributed by atoms with van der Waals surface area (Å²) in [5.41, 5.74) is 0.961. The third-order valence-corrected chi connectivity index (χ3v) is 2.35. The monoisotopic (exact) mass is 314 g/mol. The molecule has 2 N–H and O–H groups in total. The SMILES string of the molecule is CC(=O)O.OCc1ccc(CCC(F)(F)C(F)(F)F)cc1. The van der Waals surface area contributed by atoms with Crippen molar-refractivity contribution < 1.29 is 37.0 Å². The van der Waals surface area contributed by atoms with Crippen LogP contribution >= 0.6 is 0 Å². The highest BCUT2D eigenvalue weighted by Gasteiger charge is 2.56. The Morgan fingerprint density at radius 1 is 1.05 bits per heavy atom. The van der Waals surface area contributed by atoms with E-state index in [4.69, 9.17) is 15.0 Å². The van der Waals surface area contributed by atoms with Crippen molar-refractivity contribution in [3.8, 4) is 0 Å². The van der Waals surface area contributed by atoms with E-state index >= 15 is 0 Å². The fourth-order valence-corrected chi connectivity index (χ4v) is 1.25. The number of aryl methyl sites for hydroxylation is 1. The van der Waals surface area contributed by atoms with Crippen LogP contribution in [0.2, 0.25) is 0 Å². The number of halogens is 5. The Balaban J connectivity index is 0.000000885. The minimum absolute atomic E-state index is 0.195. The fourth-order valence-electron chi connectivity index (χ4n) is 1.25. The predicted octanol–water partition coefficient (Wildman–Crippen LogP) is 3.40. The molecule has 0 atom stereocenters. The van der Waals surface area contributed by atoms with Gasteiger partial charge in [0.25, 0.3) is 5.97 Å². The summed E-state index contributed by atoms with van der Waals surface area (Å²) in [5.74, 6) is -5.50. The van der Waals surface area contributed by atoms with Gasteiger partial charge in [-0.15, -0.1) is 0 Å². The zero-order chi connectivity index (χ0) is 16.7. The summed E-state index contributed by atoms with van der Waals surface area (Å²) in [4.78, 5) is 9.00. The van der Waals surface area contributed by atoms with E-state index in [2.05, 4.69) is 0 Å². The van der Waals surface area contributed by atoms with Crippen LogP contribution in [0.1, 0.15) is 24.5 Å². The number of carboxylic acids is 1. The van der Waals surface area contributed by atoms with Crippen LogP contribution in [0.3, 0.4) is 0 Å². The van der Waals surface area contributed by atoms with E-state index in [0.717, 1.165) is 6.92 Å². The van der Waals surface area contributed by atoms with Gasteiger partial charge in [0, 0.05) is 13.3 Å². The number of carbonyl (C=O) groups is 1. The molecule has 0 fully saturated rings. The summed E-state index contributed by atoms with van der Waals surface area (Å²) >= 11 is 0. The third kappa shape index (κ3) is 7.60. The Morgan fingerprint density at radius 3 is 1.76 bits per heavy atom. The molecule has 120 valence electrons. The average Bonchev–Trinajstić information content (AvgIpc) is 2.35. The number of aliphatic hydroxyl groups is 1. The molecule has 0 saturated heterocycles. The highest BCUT2D eigenvalue weighted by molar-refractivity contribution is 5.62. The molecule has 0 amide bonds. The summed E-state index contributed by atoms with van der Waals surface area (Å²) in [6, 6.07) is 5.83. The Morgan fingerprint density at radius 2 is 1.43 bits per heavy atom. The second-order valence-corrected chi connectivity index (χ2v) is 4.20. The van der Waals surface area contributed by atoms with E-state index in [1.165, 1.54) is 24.3 Å². The molecule has 0 saturated carbocycles. The average molecular weight is 314 g/mol. The van der Waals surface area contributed by atoms with E-state index < -0.39 is 24.5 Å². The topological polar surface area (TPSA) is 57.5 Å². The summed E-state index contributed by atoms with van der Waals surface area (Å²) in [5, 5.41) is 16.1. The van der Waals surface area contributed by atoms with Crippen molar-refractivity contribution in [1.29, 1.82) is 0 Å². The van der Waals surface area contributed by atoms with Gasteiger partial charge in [-0.25, -0.2) is 0 Å². The Labute approximate surface area is 118 Å².